The van der Waals surface area contributed by atoms with Crippen LogP contribution in [0.25, 0.3) is 0 Å². The van der Waals surface area contributed by atoms with Crippen molar-refractivity contribution in [2.75, 3.05) is 19.8 Å². The normalized spacial score (nSPS) is 8.00. The summed E-state index contributed by atoms with van der Waals surface area (Å²) in [5, 5.41) is 8.34. The average molecular weight is 152 g/mol. The molecule has 0 spiro atoms. The van der Waals surface area contributed by atoms with E-state index in [0.29, 0.717) is 26.1 Å². The molecular formula is C9H12O2. The predicted molar refractivity (Wildman–Crippen MR) is 43.7 cm³/mol. The molecule has 0 aliphatic rings. The molecule has 0 heterocycles. The molecule has 0 aliphatic heterocycles. The number of rotatable bonds is 4. The van der Waals surface area contributed by atoms with E-state index in [0.717, 1.165) is 0 Å². The molecule has 2 heteroatoms. The van der Waals surface area contributed by atoms with Gasteiger partial charge in [0.25, 0.3) is 0 Å². The lowest BCUT2D eigenvalue weighted by Gasteiger charge is -1.92. The van der Waals surface area contributed by atoms with E-state index in [1.807, 2.05) is 0 Å². The van der Waals surface area contributed by atoms with Crippen molar-refractivity contribution in [1.29, 1.82) is 0 Å². The standard InChI is InChI=1S/C9H12O2/c1-2-3-8-11-9-6-4-5-7-10/h1,10H,3,5,7-9H2. The summed E-state index contributed by atoms with van der Waals surface area (Å²) in [4.78, 5) is 0. The summed E-state index contributed by atoms with van der Waals surface area (Å²) in [6.07, 6.45) is 6.13. The second kappa shape index (κ2) is 9.04. The van der Waals surface area contributed by atoms with Crippen LogP contribution >= 0.6 is 0 Å². The SMILES string of the molecule is C#CCCOCC#CCCO. The molecular weight excluding hydrogens is 140 g/mol. The minimum absolute atomic E-state index is 0.108. The summed E-state index contributed by atoms with van der Waals surface area (Å²) in [5.41, 5.74) is 0. The van der Waals surface area contributed by atoms with Gasteiger partial charge in [-0.3, -0.25) is 0 Å². The number of aliphatic hydroxyl groups excluding tert-OH is 1. The molecule has 60 valence electrons. The molecule has 0 amide bonds. The Labute approximate surface area is 67.6 Å². The van der Waals surface area contributed by atoms with Crippen LogP contribution in [0.1, 0.15) is 12.8 Å². The summed E-state index contributed by atoms with van der Waals surface area (Å²) in [6, 6.07) is 0. The molecule has 11 heavy (non-hydrogen) atoms. The van der Waals surface area contributed by atoms with E-state index in [-0.39, 0.29) is 6.61 Å². The monoisotopic (exact) mass is 152 g/mol. The smallest absolute Gasteiger partial charge is 0.107 e. The zero-order chi connectivity index (χ0) is 8.36. The van der Waals surface area contributed by atoms with Crippen LogP contribution in [0.2, 0.25) is 0 Å². The molecule has 0 saturated carbocycles. The molecule has 0 aliphatic carbocycles. The molecule has 0 rings (SSSR count). The van der Waals surface area contributed by atoms with Crippen LogP contribution < -0.4 is 0 Å². The summed E-state index contributed by atoms with van der Waals surface area (Å²) < 4.78 is 5.02. The van der Waals surface area contributed by atoms with Crippen molar-refractivity contribution in [3.8, 4) is 24.2 Å². The molecule has 2 nitrogen and oxygen atoms in total. The van der Waals surface area contributed by atoms with Gasteiger partial charge in [-0.25, -0.2) is 0 Å². The van der Waals surface area contributed by atoms with Crippen molar-refractivity contribution in [2.24, 2.45) is 0 Å². The van der Waals surface area contributed by atoms with E-state index in [1.54, 1.807) is 0 Å². The van der Waals surface area contributed by atoms with Gasteiger partial charge in [0.05, 0.1) is 13.2 Å². The molecule has 0 aromatic rings. The number of aliphatic hydroxyl groups is 1. The van der Waals surface area contributed by atoms with Gasteiger partial charge in [-0.1, -0.05) is 11.8 Å². The van der Waals surface area contributed by atoms with Crippen LogP contribution in [-0.2, 0) is 4.74 Å². The number of hydrogen-bond donors (Lipinski definition) is 1. The highest BCUT2D eigenvalue weighted by molar-refractivity contribution is 4.98. The summed E-state index contributed by atoms with van der Waals surface area (Å²) in [5.74, 6) is 7.94. The summed E-state index contributed by atoms with van der Waals surface area (Å²) in [6.45, 7) is 1.07. The largest absolute Gasteiger partial charge is 0.395 e. The Morgan fingerprint density at radius 1 is 1.27 bits per heavy atom. The maximum Gasteiger partial charge on any atom is 0.107 e. The molecule has 0 fully saturated rings. The second-order valence-electron chi connectivity index (χ2n) is 1.83. The highest BCUT2D eigenvalue weighted by atomic mass is 16.5. The topological polar surface area (TPSA) is 29.5 Å². The summed E-state index contributed by atoms with van der Waals surface area (Å²) in [7, 11) is 0. The average Bonchev–Trinajstić information content (AvgIpc) is 2.03. The Balaban J connectivity index is 3.03. The van der Waals surface area contributed by atoms with Crippen molar-refractivity contribution in [1.82, 2.24) is 0 Å². The van der Waals surface area contributed by atoms with Gasteiger partial charge in [0.2, 0.25) is 0 Å². The zero-order valence-electron chi connectivity index (χ0n) is 6.47. The van der Waals surface area contributed by atoms with Crippen LogP contribution in [0, 0.1) is 24.2 Å². The predicted octanol–water partition coefficient (Wildman–Crippen LogP) is 0.412. The first-order valence-electron chi connectivity index (χ1n) is 3.49. The van der Waals surface area contributed by atoms with Crippen molar-refractivity contribution in [3.63, 3.8) is 0 Å². The third kappa shape index (κ3) is 9.04. The van der Waals surface area contributed by atoms with Gasteiger partial charge in [0.1, 0.15) is 6.61 Å². The molecule has 0 saturated heterocycles. The van der Waals surface area contributed by atoms with E-state index in [4.69, 9.17) is 16.3 Å². The maximum atomic E-state index is 8.34. The Morgan fingerprint density at radius 3 is 2.73 bits per heavy atom. The van der Waals surface area contributed by atoms with Crippen LogP contribution in [0.5, 0.6) is 0 Å². The minimum atomic E-state index is 0.108. The van der Waals surface area contributed by atoms with E-state index in [1.165, 1.54) is 0 Å². The minimum Gasteiger partial charge on any atom is -0.395 e. The van der Waals surface area contributed by atoms with Crippen molar-refractivity contribution in [3.05, 3.63) is 0 Å². The quantitative estimate of drug-likeness (QED) is 0.467. The highest BCUT2D eigenvalue weighted by Gasteiger charge is 1.79. The van der Waals surface area contributed by atoms with Crippen LogP contribution in [0.3, 0.4) is 0 Å². The van der Waals surface area contributed by atoms with Gasteiger partial charge in [0, 0.05) is 12.8 Å². The van der Waals surface area contributed by atoms with Crippen LogP contribution in [0.4, 0.5) is 0 Å². The molecule has 0 aromatic heterocycles. The molecule has 0 atom stereocenters. The number of hydrogen-bond acceptors (Lipinski definition) is 2. The fraction of sp³-hybridized carbons (Fsp3) is 0.556. The van der Waals surface area contributed by atoms with Crippen molar-refractivity contribution < 1.29 is 9.84 Å². The van der Waals surface area contributed by atoms with E-state index in [2.05, 4.69) is 17.8 Å². The molecule has 0 aromatic carbocycles. The highest BCUT2D eigenvalue weighted by Crippen LogP contribution is 1.78. The van der Waals surface area contributed by atoms with E-state index in [9.17, 15) is 0 Å². The van der Waals surface area contributed by atoms with Gasteiger partial charge >= 0.3 is 0 Å². The Bertz CT molecular complexity index is 168. The first-order chi connectivity index (χ1) is 5.41. The molecule has 0 bridgehead atoms. The number of terminal acetylenes is 1. The van der Waals surface area contributed by atoms with Gasteiger partial charge in [-0.2, -0.15) is 0 Å². The number of ether oxygens (including phenoxy) is 1. The fourth-order valence-electron chi connectivity index (χ4n) is 0.450. The lowest BCUT2D eigenvalue weighted by molar-refractivity contribution is 0.174. The zero-order valence-corrected chi connectivity index (χ0v) is 6.47. The van der Waals surface area contributed by atoms with Gasteiger partial charge in [-0.05, 0) is 0 Å². The molecule has 0 radical (unpaired) electrons. The molecule has 0 unspecified atom stereocenters. The lowest BCUT2D eigenvalue weighted by atomic mass is 10.4. The second-order valence-corrected chi connectivity index (χ2v) is 1.83. The lowest BCUT2D eigenvalue weighted by Crippen LogP contribution is -1.92. The first-order valence-corrected chi connectivity index (χ1v) is 3.49. The third-order valence-electron chi connectivity index (χ3n) is 0.927. The molecule has 1 N–H and O–H groups in total. The van der Waals surface area contributed by atoms with Crippen molar-refractivity contribution >= 4 is 0 Å². The van der Waals surface area contributed by atoms with Crippen LogP contribution in [-0.4, -0.2) is 24.9 Å². The van der Waals surface area contributed by atoms with E-state index < -0.39 is 0 Å². The van der Waals surface area contributed by atoms with Crippen LogP contribution in [0.15, 0.2) is 0 Å². The maximum absolute atomic E-state index is 8.34. The third-order valence-corrected chi connectivity index (χ3v) is 0.927. The first kappa shape index (κ1) is 10.0. The van der Waals surface area contributed by atoms with Gasteiger partial charge in [0.15, 0.2) is 0 Å². The Hall–Kier alpha value is -0.960. The fourth-order valence-corrected chi connectivity index (χ4v) is 0.450. The van der Waals surface area contributed by atoms with Crippen molar-refractivity contribution in [2.45, 2.75) is 12.8 Å². The Morgan fingerprint density at radius 2 is 2.09 bits per heavy atom. The Kier molecular flexibility index (Phi) is 8.25. The van der Waals surface area contributed by atoms with Gasteiger partial charge < -0.3 is 9.84 Å². The van der Waals surface area contributed by atoms with E-state index >= 15 is 0 Å². The van der Waals surface area contributed by atoms with Gasteiger partial charge in [-0.15, -0.1) is 12.3 Å². The summed E-state index contributed by atoms with van der Waals surface area (Å²) >= 11 is 0.